The van der Waals surface area contributed by atoms with E-state index in [9.17, 15) is 0 Å². The van der Waals surface area contributed by atoms with Gasteiger partial charge in [-0.15, -0.1) is 0 Å². The molecule has 0 bridgehead atoms. The molecule has 1 saturated carbocycles. The molecule has 2 aliphatic rings. The van der Waals surface area contributed by atoms with Crippen molar-refractivity contribution in [3.05, 3.63) is 23.7 Å². The van der Waals surface area contributed by atoms with Gasteiger partial charge in [0, 0.05) is 26.2 Å². The Labute approximate surface area is 115 Å². The maximum atomic E-state index is 5.88. The Morgan fingerprint density at radius 3 is 2.63 bits per heavy atom. The first-order chi connectivity index (χ1) is 9.33. The first kappa shape index (κ1) is 13.2. The van der Waals surface area contributed by atoms with Crippen LogP contribution in [0.2, 0.25) is 0 Å². The molecule has 0 aromatic carbocycles. The summed E-state index contributed by atoms with van der Waals surface area (Å²) in [6, 6.07) is 4.96. The van der Waals surface area contributed by atoms with Gasteiger partial charge in [-0.2, -0.15) is 0 Å². The Morgan fingerprint density at radius 1 is 1.21 bits per heavy atom. The van der Waals surface area contributed by atoms with E-state index in [1.54, 1.807) is 0 Å². The molecule has 0 atom stereocenters. The lowest BCUT2D eigenvalue weighted by Gasteiger charge is -2.30. The van der Waals surface area contributed by atoms with E-state index in [0.29, 0.717) is 6.10 Å². The van der Waals surface area contributed by atoms with Crippen LogP contribution in [0.3, 0.4) is 0 Å². The van der Waals surface area contributed by atoms with E-state index < -0.39 is 0 Å². The summed E-state index contributed by atoms with van der Waals surface area (Å²) in [5, 5.41) is 3.48. The van der Waals surface area contributed by atoms with Crippen molar-refractivity contribution < 1.29 is 9.15 Å². The van der Waals surface area contributed by atoms with Gasteiger partial charge in [0.25, 0.3) is 0 Å². The lowest BCUT2D eigenvalue weighted by Crippen LogP contribution is -2.36. The average Bonchev–Trinajstić information content (AvgIpc) is 3.17. The Morgan fingerprint density at radius 2 is 1.95 bits per heavy atom. The van der Waals surface area contributed by atoms with Crippen LogP contribution in [-0.2, 0) is 17.8 Å². The molecule has 0 unspecified atom stereocenters. The van der Waals surface area contributed by atoms with Crippen molar-refractivity contribution in [2.75, 3.05) is 20.2 Å². The molecule has 1 aromatic rings. The molecule has 0 amide bonds. The van der Waals surface area contributed by atoms with Gasteiger partial charge in [-0.05, 0) is 37.8 Å². The van der Waals surface area contributed by atoms with Crippen LogP contribution in [0.4, 0.5) is 0 Å². The van der Waals surface area contributed by atoms with Crippen LogP contribution in [0, 0.1) is 0 Å². The number of nitrogens with zero attached hydrogens (tertiary/aromatic N) is 1. The summed E-state index contributed by atoms with van der Waals surface area (Å²) < 4.78 is 11.3. The number of hydrogen-bond acceptors (Lipinski definition) is 4. The largest absolute Gasteiger partial charge is 0.463 e. The zero-order chi connectivity index (χ0) is 13.1. The van der Waals surface area contributed by atoms with Gasteiger partial charge in [0.1, 0.15) is 11.5 Å². The molecule has 0 spiro atoms. The summed E-state index contributed by atoms with van der Waals surface area (Å²) in [6.45, 7) is 4.01. The smallest absolute Gasteiger partial charge is 0.118 e. The molecule has 0 radical (unpaired) electrons. The predicted octanol–water partition coefficient (Wildman–Crippen LogP) is 2.14. The van der Waals surface area contributed by atoms with E-state index in [-0.39, 0.29) is 0 Å². The van der Waals surface area contributed by atoms with Gasteiger partial charge in [-0.3, -0.25) is 4.90 Å². The first-order valence-electron chi connectivity index (χ1n) is 7.39. The molecule has 1 saturated heterocycles. The fraction of sp³-hybridized carbons (Fsp3) is 0.733. The minimum absolute atomic E-state index is 0.450. The Hall–Kier alpha value is -0.840. The van der Waals surface area contributed by atoms with E-state index in [1.807, 2.05) is 7.11 Å². The van der Waals surface area contributed by atoms with Crippen LogP contribution in [-0.4, -0.2) is 37.2 Å². The fourth-order valence-corrected chi connectivity index (χ4v) is 2.66. The maximum Gasteiger partial charge on any atom is 0.118 e. The lowest BCUT2D eigenvalue weighted by atomic mass is 10.1. The summed E-state index contributed by atoms with van der Waals surface area (Å²) >= 11 is 0. The molecule has 19 heavy (non-hydrogen) atoms. The van der Waals surface area contributed by atoms with Crippen LogP contribution < -0.4 is 5.32 Å². The third-order valence-corrected chi connectivity index (χ3v) is 4.11. The molecule has 4 nitrogen and oxygen atoms in total. The number of furan rings is 1. The zero-order valence-corrected chi connectivity index (χ0v) is 11.7. The highest BCUT2D eigenvalue weighted by Gasteiger charge is 2.21. The van der Waals surface area contributed by atoms with Crippen molar-refractivity contribution in [1.29, 1.82) is 0 Å². The fourth-order valence-electron chi connectivity index (χ4n) is 2.66. The number of rotatable bonds is 6. The minimum Gasteiger partial charge on any atom is -0.463 e. The highest BCUT2D eigenvalue weighted by atomic mass is 16.5. The van der Waals surface area contributed by atoms with Crippen molar-refractivity contribution in [3.8, 4) is 0 Å². The monoisotopic (exact) mass is 264 g/mol. The molecular weight excluding hydrogens is 240 g/mol. The number of ether oxygens (including phenoxy) is 1. The topological polar surface area (TPSA) is 37.6 Å². The average molecular weight is 264 g/mol. The third kappa shape index (κ3) is 3.81. The van der Waals surface area contributed by atoms with E-state index in [2.05, 4.69) is 22.3 Å². The van der Waals surface area contributed by atoms with Gasteiger partial charge >= 0.3 is 0 Å². The predicted molar refractivity (Wildman–Crippen MR) is 73.9 cm³/mol. The van der Waals surface area contributed by atoms with Crippen molar-refractivity contribution in [2.24, 2.45) is 0 Å². The third-order valence-electron chi connectivity index (χ3n) is 4.11. The van der Waals surface area contributed by atoms with Crippen LogP contribution >= 0.6 is 0 Å². The normalized spacial score (nSPS) is 21.9. The van der Waals surface area contributed by atoms with Gasteiger partial charge in [0.05, 0.1) is 19.2 Å². The van der Waals surface area contributed by atoms with Gasteiger partial charge < -0.3 is 14.5 Å². The van der Waals surface area contributed by atoms with Crippen LogP contribution in [0.25, 0.3) is 0 Å². The van der Waals surface area contributed by atoms with Gasteiger partial charge in [-0.1, -0.05) is 0 Å². The number of piperidine rings is 1. The van der Waals surface area contributed by atoms with Crippen molar-refractivity contribution in [2.45, 2.75) is 50.9 Å². The molecule has 106 valence electrons. The molecule has 4 heteroatoms. The van der Waals surface area contributed by atoms with Crippen molar-refractivity contribution in [1.82, 2.24) is 10.2 Å². The second-order valence-electron chi connectivity index (χ2n) is 5.73. The van der Waals surface area contributed by atoms with E-state index in [0.717, 1.165) is 56.6 Å². The molecule has 2 heterocycles. The van der Waals surface area contributed by atoms with Gasteiger partial charge in [-0.25, -0.2) is 0 Å². The molecule has 2 fully saturated rings. The Balaban J connectivity index is 1.44. The number of hydrogen-bond donors (Lipinski definition) is 1. The Bertz CT molecular complexity index is 393. The minimum atomic E-state index is 0.450. The summed E-state index contributed by atoms with van der Waals surface area (Å²) in [5.74, 6) is 2.15. The van der Waals surface area contributed by atoms with E-state index in [1.165, 1.54) is 12.8 Å². The van der Waals surface area contributed by atoms with Crippen molar-refractivity contribution in [3.63, 3.8) is 0 Å². The van der Waals surface area contributed by atoms with E-state index in [4.69, 9.17) is 9.15 Å². The highest BCUT2D eigenvalue weighted by molar-refractivity contribution is 5.07. The number of nitrogens with one attached hydrogen (secondary N) is 1. The SMILES string of the molecule is COC1CCN(Cc2ccc(CNC3CC3)o2)CC1. The Kier molecular flexibility index (Phi) is 4.21. The summed E-state index contributed by atoms with van der Waals surface area (Å²) in [7, 11) is 1.81. The quantitative estimate of drug-likeness (QED) is 0.854. The summed E-state index contributed by atoms with van der Waals surface area (Å²) in [5.41, 5.74) is 0. The lowest BCUT2D eigenvalue weighted by molar-refractivity contribution is 0.0369. The van der Waals surface area contributed by atoms with Gasteiger partial charge in [0.2, 0.25) is 0 Å². The van der Waals surface area contributed by atoms with E-state index >= 15 is 0 Å². The van der Waals surface area contributed by atoms with Crippen LogP contribution in [0.1, 0.15) is 37.2 Å². The van der Waals surface area contributed by atoms with Crippen LogP contribution in [0.5, 0.6) is 0 Å². The second kappa shape index (κ2) is 6.07. The summed E-state index contributed by atoms with van der Waals surface area (Å²) in [4.78, 5) is 2.45. The molecule has 1 aliphatic carbocycles. The molecule has 1 N–H and O–H groups in total. The molecule has 3 rings (SSSR count). The standard InChI is InChI=1S/C15H24N2O2/c1-18-13-6-8-17(9-7-13)11-15-5-4-14(19-15)10-16-12-2-3-12/h4-5,12-13,16H,2-3,6-11H2,1H3. The molecule has 1 aliphatic heterocycles. The highest BCUT2D eigenvalue weighted by Crippen LogP contribution is 2.20. The zero-order valence-electron chi connectivity index (χ0n) is 11.7. The maximum absolute atomic E-state index is 5.88. The molecular formula is C15H24N2O2. The number of methoxy groups -OCH3 is 1. The van der Waals surface area contributed by atoms with Gasteiger partial charge in [0.15, 0.2) is 0 Å². The van der Waals surface area contributed by atoms with Crippen LogP contribution in [0.15, 0.2) is 16.5 Å². The molecule has 1 aromatic heterocycles. The van der Waals surface area contributed by atoms with Crippen molar-refractivity contribution >= 4 is 0 Å². The first-order valence-corrected chi connectivity index (χ1v) is 7.39. The summed E-state index contributed by atoms with van der Waals surface area (Å²) in [6.07, 6.45) is 5.36. The number of likely N-dealkylation sites (tertiary alicyclic amines) is 1. The second-order valence-corrected chi connectivity index (χ2v) is 5.73.